The molecule has 0 bridgehead atoms. The number of hydrogen-bond donors (Lipinski definition) is 1. The summed E-state index contributed by atoms with van der Waals surface area (Å²) >= 11 is 0. The molecule has 1 aliphatic heterocycles. The minimum Gasteiger partial charge on any atom is -0.478 e. The molecule has 1 fully saturated rings. The first-order valence-electron chi connectivity index (χ1n) is 5.30. The second kappa shape index (κ2) is 4.85. The highest BCUT2D eigenvalue weighted by Gasteiger charge is 2.18. The van der Waals surface area contributed by atoms with E-state index in [1.54, 1.807) is 6.07 Å². The van der Waals surface area contributed by atoms with Gasteiger partial charge in [0, 0.05) is 18.8 Å². The van der Waals surface area contributed by atoms with Crippen molar-refractivity contribution in [3.63, 3.8) is 0 Å². The molecule has 17 heavy (non-hydrogen) atoms. The number of aromatic carboxylic acids is 1. The normalized spacial score (nSPS) is 15.4. The molecule has 5 heteroatoms. The van der Waals surface area contributed by atoms with Crippen molar-refractivity contribution in [3.8, 4) is 0 Å². The Labute approximate surface area is 99.0 Å². The second-order valence-corrected chi connectivity index (χ2v) is 3.72. The number of morpholine rings is 1. The zero-order valence-corrected chi connectivity index (χ0v) is 9.22. The molecule has 1 saturated heterocycles. The van der Waals surface area contributed by atoms with E-state index in [0.717, 1.165) is 0 Å². The van der Waals surface area contributed by atoms with E-state index in [9.17, 15) is 4.79 Å². The largest absolute Gasteiger partial charge is 0.478 e. The maximum Gasteiger partial charge on any atom is 0.337 e. The average molecular weight is 232 g/mol. The molecule has 0 atom stereocenters. The molecule has 2 rings (SSSR count). The number of rotatable bonds is 2. The van der Waals surface area contributed by atoms with Crippen LogP contribution in [-0.2, 0) is 4.74 Å². The van der Waals surface area contributed by atoms with E-state index in [1.165, 1.54) is 12.1 Å². The summed E-state index contributed by atoms with van der Waals surface area (Å²) in [5.74, 6) is -0.969. The number of carboxylic acids is 1. The fourth-order valence-electron chi connectivity index (χ4n) is 1.84. The molecule has 0 radical (unpaired) electrons. The number of nitrogens with zero attached hydrogens (tertiary/aromatic N) is 2. The Hall–Kier alpha value is -2.06. The highest BCUT2D eigenvalue weighted by atomic mass is 16.5. The van der Waals surface area contributed by atoms with Crippen LogP contribution in [-0.4, -0.2) is 37.4 Å². The molecule has 0 amide bonds. The van der Waals surface area contributed by atoms with Crippen molar-refractivity contribution in [1.29, 1.82) is 0 Å². The summed E-state index contributed by atoms with van der Waals surface area (Å²) in [7, 11) is 0. The maximum atomic E-state index is 11.1. The van der Waals surface area contributed by atoms with E-state index in [1.807, 2.05) is 4.90 Å². The van der Waals surface area contributed by atoms with Crippen LogP contribution in [0.5, 0.6) is 0 Å². The first-order valence-corrected chi connectivity index (χ1v) is 5.30. The van der Waals surface area contributed by atoms with E-state index in [-0.39, 0.29) is 5.56 Å². The fraction of sp³-hybridized carbons (Fsp3) is 0.333. The zero-order chi connectivity index (χ0) is 12.3. The van der Waals surface area contributed by atoms with Crippen LogP contribution < -0.4 is 4.90 Å². The van der Waals surface area contributed by atoms with Gasteiger partial charge < -0.3 is 14.7 Å². The summed E-state index contributed by atoms with van der Waals surface area (Å²) in [6.07, 6.45) is 0. The third-order valence-corrected chi connectivity index (χ3v) is 2.69. The monoisotopic (exact) mass is 232 g/mol. The number of benzene rings is 1. The SMILES string of the molecule is [C-]#[N+]c1ccc(C(=O)O)c(N2CCOCC2)c1. The second-order valence-electron chi connectivity index (χ2n) is 3.72. The molecule has 0 saturated carbocycles. The van der Waals surface area contributed by atoms with Gasteiger partial charge in [0.05, 0.1) is 25.3 Å². The van der Waals surface area contributed by atoms with Gasteiger partial charge in [-0.3, -0.25) is 0 Å². The molecule has 1 N–H and O–H groups in total. The number of ether oxygens (including phenoxy) is 1. The van der Waals surface area contributed by atoms with Crippen molar-refractivity contribution in [3.05, 3.63) is 35.2 Å². The predicted molar refractivity (Wildman–Crippen MR) is 62.7 cm³/mol. The van der Waals surface area contributed by atoms with E-state index >= 15 is 0 Å². The molecule has 1 heterocycles. The van der Waals surface area contributed by atoms with E-state index in [2.05, 4.69) is 4.85 Å². The third kappa shape index (κ3) is 2.37. The van der Waals surface area contributed by atoms with Crippen molar-refractivity contribution < 1.29 is 14.6 Å². The molecule has 1 aromatic carbocycles. The van der Waals surface area contributed by atoms with Crippen molar-refractivity contribution in [1.82, 2.24) is 0 Å². The minimum absolute atomic E-state index is 0.235. The van der Waals surface area contributed by atoms with Crippen molar-refractivity contribution in [2.45, 2.75) is 0 Å². The van der Waals surface area contributed by atoms with E-state index < -0.39 is 5.97 Å². The molecule has 88 valence electrons. The van der Waals surface area contributed by atoms with Gasteiger partial charge in [0.1, 0.15) is 0 Å². The summed E-state index contributed by atoms with van der Waals surface area (Å²) in [6.45, 7) is 9.44. The fourth-order valence-corrected chi connectivity index (χ4v) is 1.84. The molecule has 5 nitrogen and oxygen atoms in total. The summed E-state index contributed by atoms with van der Waals surface area (Å²) in [4.78, 5) is 16.4. The van der Waals surface area contributed by atoms with Crippen molar-refractivity contribution in [2.24, 2.45) is 0 Å². The van der Waals surface area contributed by atoms with E-state index in [0.29, 0.717) is 37.7 Å². The molecule has 1 aromatic rings. The lowest BCUT2D eigenvalue weighted by Crippen LogP contribution is -2.37. The van der Waals surface area contributed by atoms with Crippen molar-refractivity contribution >= 4 is 17.3 Å². The predicted octanol–water partition coefficient (Wildman–Crippen LogP) is 1.77. The van der Waals surface area contributed by atoms with Gasteiger partial charge in [-0.15, -0.1) is 0 Å². The Morgan fingerprint density at radius 3 is 2.71 bits per heavy atom. The van der Waals surface area contributed by atoms with Crippen LogP contribution >= 0.6 is 0 Å². The smallest absolute Gasteiger partial charge is 0.337 e. The van der Waals surface area contributed by atoms with Gasteiger partial charge in [-0.1, -0.05) is 12.1 Å². The summed E-state index contributed by atoms with van der Waals surface area (Å²) in [5.41, 5.74) is 1.30. The van der Waals surface area contributed by atoms with Crippen LogP contribution in [0, 0.1) is 6.57 Å². The Bertz CT molecular complexity index is 473. The van der Waals surface area contributed by atoms with E-state index in [4.69, 9.17) is 16.4 Å². The lowest BCUT2D eigenvalue weighted by Gasteiger charge is -2.30. The van der Waals surface area contributed by atoms with Gasteiger partial charge in [-0.2, -0.15) is 0 Å². The summed E-state index contributed by atoms with van der Waals surface area (Å²) < 4.78 is 5.23. The Balaban J connectivity index is 2.41. The maximum absolute atomic E-state index is 11.1. The molecule has 0 aromatic heterocycles. The number of carbonyl (C=O) groups is 1. The number of anilines is 1. The molecule has 0 unspecified atom stereocenters. The Morgan fingerprint density at radius 2 is 2.12 bits per heavy atom. The average Bonchev–Trinajstić information content (AvgIpc) is 2.39. The molecule has 0 aliphatic carbocycles. The van der Waals surface area contributed by atoms with Gasteiger partial charge in [0.2, 0.25) is 0 Å². The molecular weight excluding hydrogens is 220 g/mol. The van der Waals surface area contributed by atoms with Crippen LogP contribution in [0.2, 0.25) is 0 Å². The lowest BCUT2D eigenvalue weighted by atomic mass is 10.1. The molecule has 1 aliphatic rings. The van der Waals surface area contributed by atoms with Crippen LogP contribution in [0.1, 0.15) is 10.4 Å². The van der Waals surface area contributed by atoms with Gasteiger partial charge in [0.15, 0.2) is 5.69 Å². The summed E-state index contributed by atoms with van der Waals surface area (Å²) in [5, 5.41) is 9.12. The highest BCUT2D eigenvalue weighted by Crippen LogP contribution is 2.27. The van der Waals surface area contributed by atoms with Gasteiger partial charge in [0.25, 0.3) is 0 Å². The topological polar surface area (TPSA) is 54.1 Å². The Morgan fingerprint density at radius 1 is 1.41 bits per heavy atom. The number of hydrogen-bond acceptors (Lipinski definition) is 3. The zero-order valence-electron chi connectivity index (χ0n) is 9.22. The first-order chi connectivity index (χ1) is 8.22. The third-order valence-electron chi connectivity index (χ3n) is 2.69. The number of carboxylic acid groups (broad SMARTS) is 1. The molecule has 0 spiro atoms. The Kier molecular flexibility index (Phi) is 3.26. The van der Waals surface area contributed by atoms with Crippen LogP contribution in [0.3, 0.4) is 0 Å². The van der Waals surface area contributed by atoms with Crippen LogP contribution in [0.15, 0.2) is 18.2 Å². The molecular formula is C12H12N2O3. The standard InChI is InChI=1S/C12H12N2O3/c1-13-9-2-3-10(12(15)16)11(8-9)14-4-6-17-7-5-14/h2-3,8H,4-7H2,(H,15,16). The van der Waals surface area contributed by atoms with Crippen LogP contribution in [0.25, 0.3) is 4.85 Å². The lowest BCUT2D eigenvalue weighted by molar-refractivity contribution is 0.0696. The quantitative estimate of drug-likeness (QED) is 0.789. The van der Waals surface area contributed by atoms with Gasteiger partial charge >= 0.3 is 5.97 Å². The van der Waals surface area contributed by atoms with Gasteiger partial charge in [-0.05, 0) is 6.07 Å². The van der Waals surface area contributed by atoms with Crippen LogP contribution in [0.4, 0.5) is 11.4 Å². The van der Waals surface area contributed by atoms with Gasteiger partial charge in [-0.25, -0.2) is 9.64 Å². The summed E-state index contributed by atoms with van der Waals surface area (Å²) in [6, 6.07) is 4.64. The highest BCUT2D eigenvalue weighted by molar-refractivity contribution is 5.95. The van der Waals surface area contributed by atoms with Crippen molar-refractivity contribution in [2.75, 3.05) is 31.2 Å². The minimum atomic E-state index is -0.969. The first kappa shape index (κ1) is 11.4.